The van der Waals surface area contributed by atoms with Gasteiger partial charge >= 0.3 is 0 Å². The molecule has 154 valence electrons. The van der Waals surface area contributed by atoms with Crippen LogP contribution in [0.4, 0.5) is 0 Å². The van der Waals surface area contributed by atoms with Gasteiger partial charge in [-0.15, -0.1) is 24.8 Å². The number of aromatic amines is 1. The highest BCUT2D eigenvalue weighted by Gasteiger charge is 2.17. The number of para-hydroxylation sites is 1. The third-order valence-corrected chi connectivity index (χ3v) is 6.16. The molecular weight excluding hydrogens is 427 g/mol. The maximum Gasteiger partial charge on any atom is 0.279 e. The Morgan fingerprint density at radius 1 is 1.14 bits per heavy atom. The first-order chi connectivity index (χ1) is 13.2. The molecule has 3 N–H and O–H groups in total. The predicted molar refractivity (Wildman–Crippen MR) is 125 cm³/mol. The number of nitrogens with zero attached hydrogens (tertiary/aromatic N) is 2. The Morgan fingerprint density at radius 2 is 1.93 bits per heavy atom. The zero-order valence-corrected chi connectivity index (χ0v) is 18.3. The van der Waals surface area contributed by atoms with Crippen LogP contribution in [0.15, 0.2) is 48.7 Å². The number of fused-ring (bicyclic) bond motifs is 2. The summed E-state index contributed by atoms with van der Waals surface area (Å²) in [5, 5.41) is 1.92. The Balaban J connectivity index is 0.00000120. The normalized spacial score (nSPS) is 15.2. The molecule has 0 saturated carbocycles. The smallest absolute Gasteiger partial charge is 0.279 e. The molecule has 1 aliphatic heterocycles. The Kier molecular flexibility index (Phi) is 7.03. The molecule has 1 saturated heterocycles. The minimum Gasteiger partial charge on any atom is -0.431 e. The molecule has 0 bridgehead atoms. The maximum atomic E-state index is 6.01. The number of thiazole rings is 1. The number of H-pyrrole nitrogens is 1. The van der Waals surface area contributed by atoms with Gasteiger partial charge in [0.15, 0.2) is 0 Å². The van der Waals surface area contributed by atoms with Crippen molar-refractivity contribution < 1.29 is 4.74 Å². The second-order valence-electron chi connectivity index (χ2n) is 7.18. The molecule has 3 heterocycles. The van der Waals surface area contributed by atoms with Gasteiger partial charge in [-0.3, -0.25) is 4.90 Å². The summed E-state index contributed by atoms with van der Waals surface area (Å²) in [6.07, 6.45) is 4.28. The Morgan fingerprint density at radius 3 is 2.72 bits per heavy atom. The number of piperidine rings is 1. The molecule has 5 rings (SSSR count). The Bertz CT molecular complexity index is 1060. The van der Waals surface area contributed by atoms with E-state index in [4.69, 9.17) is 10.5 Å². The zero-order valence-electron chi connectivity index (χ0n) is 15.8. The van der Waals surface area contributed by atoms with Crippen molar-refractivity contribution in [1.29, 1.82) is 0 Å². The van der Waals surface area contributed by atoms with Crippen LogP contribution < -0.4 is 10.5 Å². The summed E-state index contributed by atoms with van der Waals surface area (Å²) in [7, 11) is 0. The fourth-order valence-corrected chi connectivity index (χ4v) is 4.54. The number of aromatic nitrogens is 2. The molecule has 0 spiro atoms. The first-order valence-electron chi connectivity index (χ1n) is 9.36. The van der Waals surface area contributed by atoms with E-state index in [0.717, 1.165) is 54.0 Å². The van der Waals surface area contributed by atoms with Crippen LogP contribution in [0.5, 0.6) is 10.9 Å². The number of hydrogen-bond acceptors (Lipinski definition) is 5. The van der Waals surface area contributed by atoms with E-state index in [9.17, 15) is 0 Å². The van der Waals surface area contributed by atoms with E-state index in [2.05, 4.69) is 39.3 Å². The van der Waals surface area contributed by atoms with Gasteiger partial charge in [0.25, 0.3) is 5.19 Å². The number of benzene rings is 2. The van der Waals surface area contributed by atoms with Crippen molar-refractivity contribution in [3.8, 4) is 10.9 Å². The molecule has 29 heavy (non-hydrogen) atoms. The number of halogens is 2. The van der Waals surface area contributed by atoms with Gasteiger partial charge < -0.3 is 15.5 Å². The number of hydrogen-bond donors (Lipinski definition) is 2. The van der Waals surface area contributed by atoms with Crippen molar-refractivity contribution in [2.45, 2.75) is 25.4 Å². The summed E-state index contributed by atoms with van der Waals surface area (Å²) >= 11 is 1.57. The van der Waals surface area contributed by atoms with Crippen LogP contribution in [0.1, 0.15) is 18.4 Å². The van der Waals surface area contributed by atoms with Gasteiger partial charge in [0.1, 0.15) is 5.75 Å². The van der Waals surface area contributed by atoms with Gasteiger partial charge in [-0.2, -0.15) is 0 Å². The van der Waals surface area contributed by atoms with Crippen LogP contribution in [0, 0.1) is 0 Å². The summed E-state index contributed by atoms with van der Waals surface area (Å²) in [5.74, 6) is 0.805. The molecule has 0 radical (unpaired) electrons. The maximum absolute atomic E-state index is 6.01. The van der Waals surface area contributed by atoms with Gasteiger partial charge in [0.2, 0.25) is 0 Å². The summed E-state index contributed by atoms with van der Waals surface area (Å²) in [6, 6.07) is 14.7. The minimum atomic E-state index is 0. The molecular formula is C21H24Cl2N4OS. The van der Waals surface area contributed by atoms with Crippen molar-refractivity contribution in [1.82, 2.24) is 14.9 Å². The van der Waals surface area contributed by atoms with E-state index >= 15 is 0 Å². The first kappa shape index (κ1) is 21.9. The molecule has 0 aliphatic carbocycles. The van der Waals surface area contributed by atoms with E-state index < -0.39 is 0 Å². The van der Waals surface area contributed by atoms with Crippen LogP contribution in [0.25, 0.3) is 21.1 Å². The SMILES string of the molecule is Cl.Cl.NC1CCN(Cc2c[nH]c3cc(Oc4nc5ccccc5s4)ccc23)CC1. The van der Waals surface area contributed by atoms with Crippen molar-refractivity contribution in [3.05, 3.63) is 54.2 Å². The molecule has 2 aromatic carbocycles. The van der Waals surface area contributed by atoms with Gasteiger partial charge in [0.05, 0.1) is 10.2 Å². The highest BCUT2D eigenvalue weighted by molar-refractivity contribution is 7.20. The van der Waals surface area contributed by atoms with Crippen molar-refractivity contribution >= 4 is 57.3 Å². The van der Waals surface area contributed by atoms with Crippen molar-refractivity contribution in [2.75, 3.05) is 13.1 Å². The second kappa shape index (κ2) is 9.32. The quantitative estimate of drug-likeness (QED) is 0.440. The van der Waals surface area contributed by atoms with Crippen LogP contribution in [-0.4, -0.2) is 34.0 Å². The average molecular weight is 451 g/mol. The molecule has 0 atom stereocenters. The number of likely N-dealkylation sites (tertiary alicyclic amines) is 1. The van der Waals surface area contributed by atoms with E-state index in [1.807, 2.05) is 24.3 Å². The van der Waals surface area contributed by atoms with Gasteiger partial charge in [-0.1, -0.05) is 23.5 Å². The third kappa shape index (κ3) is 4.68. The van der Waals surface area contributed by atoms with E-state index in [1.54, 1.807) is 11.3 Å². The number of ether oxygens (including phenoxy) is 1. The zero-order chi connectivity index (χ0) is 18.2. The molecule has 5 nitrogen and oxygen atoms in total. The highest BCUT2D eigenvalue weighted by Crippen LogP contribution is 2.33. The molecule has 0 unspecified atom stereocenters. The van der Waals surface area contributed by atoms with Crippen LogP contribution >= 0.6 is 36.2 Å². The minimum absolute atomic E-state index is 0. The summed E-state index contributed by atoms with van der Waals surface area (Å²) in [4.78, 5) is 10.4. The third-order valence-electron chi connectivity index (χ3n) is 5.24. The van der Waals surface area contributed by atoms with Gasteiger partial charge in [-0.05, 0) is 55.8 Å². The van der Waals surface area contributed by atoms with E-state index in [1.165, 1.54) is 10.9 Å². The number of nitrogens with one attached hydrogen (secondary N) is 1. The summed E-state index contributed by atoms with van der Waals surface area (Å²) in [6.45, 7) is 3.12. The van der Waals surface area contributed by atoms with E-state index in [-0.39, 0.29) is 24.8 Å². The fraction of sp³-hybridized carbons (Fsp3) is 0.286. The first-order valence-corrected chi connectivity index (χ1v) is 10.2. The second-order valence-corrected chi connectivity index (χ2v) is 8.18. The number of nitrogens with two attached hydrogens (primary N) is 1. The topological polar surface area (TPSA) is 67.2 Å². The molecule has 2 aromatic heterocycles. The van der Waals surface area contributed by atoms with E-state index in [0.29, 0.717) is 11.2 Å². The lowest BCUT2D eigenvalue weighted by Crippen LogP contribution is -2.39. The Hall–Kier alpha value is -1.83. The lowest BCUT2D eigenvalue weighted by atomic mass is 10.1. The average Bonchev–Trinajstić information content (AvgIpc) is 3.27. The van der Waals surface area contributed by atoms with Crippen LogP contribution in [-0.2, 0) is 6.54 Å². The largest absolute Gasteiger partial charge is 0.431 e. The molecule has 0 amide bonds. The molecule has 4 aromatic rings. The Labute approximate surface area is 186 Å². The van der Waals surface area contributed by atoms with Crippen molar-refractivity contribution in [3.63, 3.8) is 0 Å². The van der Waals surface area contributed by atoms with Gasteiger partial charge in [-0.25, -0.2) is 4.98 Å². The molecule has 1 fully saturated rings. The van der Waals surface area contributed by atoms with Crippen LogP contribution in [0.3, 0.4) is 0 Å². The highest BCUT2D eigenvalue weighted by atomic mass is 35.5. The monoisotopic (exact) mass is 450 g/mol. The number of rotatable bonds is 4. The molecule has 1 aliphatic rings. The lowest BCUT2D eigenvalue weighted by Gasteiger charge is -2.29. The molecule has 8 heteroatoms. The van der Waals surface area contributed by atoms with Gasteiger partial charge in [0, 0.05) is 35.8 Å². The van der Waals surface area contributed by atoms with Crippen molar-refractivity contribution in [2.24, 2.45) is 5.73 Å². The lowest BCUT2D eigenvalue weighted by molar-refractivity contribution is 0.206. The fourth-order valence-electron chi connectivity index (χ4n) is 3.71. The standard InChI is InChI=1S/C21H22N4OS.2ClH/c22-15-7-9-25(10-8-15)13-14-12-23-19-11-16(5-6-17(14)19)26-21-24-18-3-1-2-4-20(18)27-21;;/h1-6,11-12,15,23H,7-10,13,22H2;2*1H. The summed E-state index contributed by atoms with van der Waals surface area (Å²) in [5.41, 5.74) is 9.41. The predicted octanol–water partition coefficient (Wildman–Crippen LogP) is 5.34. The summed E-state index contributed by atoms with van der Waals surface area (Å²) < 4.78 is 7.14. The van der Waals surface area contributed by atoms with Crippen LogP contribution in [0.2, 0.25) is 0 Å².